The first-order chi connectivity index (χ1) is 9.52. The molecule has 1 aromatic carbocycles. The number of nitrogens with two attached hydrogens (primary N) is 1. The van der Waals surface area contributed by atoms with Crippen molar-refractivity contribution in [2.75, 3.05) is 5.32 Å². The predicted octanol–water partition coefficient (Wildman–Crippen LogP) is 1.47. The minimum Gasteiger partial charge on any atom is -0.324 e. The number of carbonyl (C=O) groups is 1. The number of anilines is 1. The highest BCUT2D eigenvalue weighted by Crippen LogP contribution is 2.22. The SMILES string of the molecule is Cc1c(C(=O)Nc2nnc(CN)s2)cccc1[N+](=O)[O-]. The molecular formula is C11H11N5O3S. The van der Waals surface area contributed by atoms with Gasteiger partial charge in [-0.1, -0.05) is 17.4 Å². The molecule has 0 atom stereocenters. The van der Waals surface area contributed by atoms with Gasteiger partial charge in [0.1, 0.15) is 5.01 Å². The van der Waals surface area contributed by atoms with Gasteiger partial charge in [-0.2, -0.15) is 0 Å². The molecule has 0 fully saturated rings. The molecule has 0 spiro atoms. The number of nitro benzene ring substituents is 1. The van der Waals surface area contributed by atoms with Gasteiger partial charge in [0.05, 0.1) is 4.92 Å². The molecule has 0 aliphatic carbocycles. The number of aromatic nitrogens is 2. The van der Waals surface area contributed by atoms with Gasteiger partial charge in [-0.3, -0.25) is 20.2 Å². The van der Waals surface area contributed by atoms with Crippen molar-refractivity contribution in [1.29, 1.82) is 0 Å². The Balaban J connectivity index is 2.25. The average molecular weight is 293 g/mol. The highest BCUT2D eigenvalue weighted by atomic mass is 32.1. The highest BCUT2D eigenvalue weighted by molar-refractivity contribution is 7.15. The Morgan fingerprint density at radius 1 is 1.50 bits per heavy atom. The second kappa shape index (κ2) is 5.72. The number of nitrogens with one attached hydrogen (secondary N) is 1. The van der Waals surface area contributed by atoms with Crippen molar-refractivity contribution in [3.05, 3.63) is 44.4 Å². The molecule has 2 aromatic rings. The summed E-state index contributed by atoms with van der Waals surface area (Å²) in [6.45, 7) is 1.77. The molecule has 1 amide bonds. The number of hydrogen-bond donors (Lipinski definition) is 2. The van der Waals surface area contributed by atoms with Gasteiger partial charge < -0.3 is 5.73 Å². The molecule has 104 valence electrons. The summed E-state index contributed by atoms with van der Waals surface area (Å²) in [5, 5.41) is 21.8. The molecule has 3 N–H and O–H groups in total. The summed E-state index contributed by atoms with van der Waals surface area (Å²) < 4.78 is 0. The van der Waals surface area contributed by atoms with Crippen LogP contribution < -0.4 is 11.1 Å². The third-order valence-electron chi connectivity index (χ3n) is 2.61. The van der Waals surface area contributed by atoms with Crippen LogP contribution in [0.1, 0.15) is 20.9 Å². The topological polar surface area (TPSA) is 124 Å². The second-order valence-corrected chi connectivity index (χ2v) is 4.93. The van der Waals surface area contributed by atoms with Crippen LogP contribution >= 0.6 is 11.3 Å². The average Bonchev–Trinajstić information content (AvgIpc) is 2.86. The van der Waals surface area contributed by atoms with Crippen LogP contribution in [0.5, 0.6) is 0 Å². The van der Waals surface area contributed by atoms with E-state index in [0.717, 1.165) is 11.3 Å². The maximum Gasteiger partial charge on any atom is 0.273 e. The Kier molecular flexibility index (Phi) is 4.01. The van der Waals surface area contributed by atoms with Crippen LogP contribution in [0.4, 0.5) is 10.8 Å². The third-order valence-corrected chi connectivity index (χ3v) is 3.47. The lowest BCUT2D eigenvalue weighted by molar-refractivity contribution is -0.385. The number of carbonyl (C=O) groups excluding carboxylic acids is 1. The minimum absolute atomic E-state index is 0.0995. The maximum absolute atomic E-state index is 12.1. The molecule has 0 saturated carbocycles. The number of rotatable bonds is 4. The molecule has 0 aliphatic rings. The van der Waals surface area contributed by atoms with E-state index >= 15 is 0 Å². The molecule has 0 saturated heterocycles. The first-order valence-corrected chi connectivity index (χ1v) is 6.42. The molecule has 1 heterocycles. The molecule has 2 rings (SSSR count). The zero-order valence-corrected chi connectivity index (χ0v) is 11.3. The molecule has 0 aliphatic heterocycles. The van der Waals surface area contributed by atoms with Crippen LogP contribution in [0, 0.1) is 17.0 Å². The Morgan fingerprint density at radius 2 is 2.25 bits per heavy atom. The number of benzene rings is 1. The summed E-state index contributed by atoms with van der Waals surface area (Å²) in [5.74, 6) is -0.467. The van der Waals surface area contributed by atoms with E-state index in [0.29, 0.717) is 15.7 Å². The fourth-order valence-corrected chi connectivity index (χ4v) is 2.23. The lowest BCUT2D eigenvalue weighted by Gasteiger charge is -2.05. The van der Waals surface area contributed by atoms with Crippen molar-refractivity contribution in [2.45, 2.75) is 13.5 Å². The number of hydrogen-bond acceptors (Lipinski definition) is 7. The number of nitrogens with zero attached hydrogens (tertiary/aromatic N) is 3. The predicted molar refractivity (Wildman–Crippen MR) is 73.6 cm³/mol. The summed E-state index contributed by atoms with van der Waals surface area (Å²) in [7, 11) is 0. The van der Waals surface area contributed by atoms with Crippen molar-refractivity contribution >= 4 is 28.1 Å². The number of nitro groups is 1. The van der Waals surface area contributed by atoms with Crippen LogP contribution in [0.2, 0.25) is 0 Å². The summed E-state index contributed by atoms with van der Waals surface area (Å²) in [6, 6.07) is 4.33. The van der Waals surface area contributed by atoms with E-state index in [1.165, 1.54) is 25.1 Å². The lowest BCUT2D eigenvalue weighted by Crippen LogP contribution is -2.14. The van der Waals surface area contributed by atoms with E-state index in [1.54, 1.807) is 0 Å². The Labute approximate surface area is 117 Å². The van der Waals surface area contributed by atoms with Gasteiger partial charge in [0.15, 0.2) is 0 Å². The normalized spacial score (nSPS) is 10.3. The van der Waals surface area contributed by atoms with Crippen molar-refractivity contribution in [2.24, 2.45) is 5.73 Å². The molecule has 1 aromatic heterocycles. The van der Waals surface area contributed by atoms with Gasteiger partial charge in [0.2, 0.25) is 5.13 Å². The molecule has 9 heteroatoms. The molecule has 0 radical (unpaired) electrons. The maximum atomic E-state index is 12.1. The van der Waals surface area contributed by atoms with Crippen molar-refractivity contribution in [3.63, 3.8) is 0 Å². The zero-order chi connectivity index (χ0) is 14.7. The largest absolute Gasteiger partial charge is 0.324 e. The molecule has 0 bridgehead atoms. The van der Waals surface area contributed by atoms with Crippen LogP contribution in [-0.2, 0) is 6.54 Å². The molecule has 8 nitrogen and oxygen atoms in total. The summed E-state index contributed by atoms with van der Waals surface area (Å²) in [4.78, 5) is 22.4. The summed E-state index contributed by atoms with van der Waals surface area (Å²) in [6.07, 6.45) is 0. The van der Waals surface area contributed by atoms with Gasteiger partial charge in [-0.05, 0) is 13.0 Å². The summed E-state index contributed by atoms with van der Waals surface area (Å²) >= 11 is 1.16. The van der Waals surface area contributed by atoms with Crippen LogP contribution in [0.3, 0.4) is 0 Å². The minimum atomic E-state index is -0.524. The second-order valence-electron chi connectivity index (χ2n) is 3.87. The highest BCUT2D eigenvalue weighted by Gasteiger charge is 2.18. The van der Waals surface area contributed by atoms with Gasteiger partial charge in [-0.15, -0.1) is 10.2 Å². The Bertz CT molecular complexity index is 670. The molecular weight excluding hydrogens is 282 g/mol. The monoisotopic (exact) mass is 293 g/mol. The summed E-state index contributed by atoms with van der Waals surface area (Å²) in [5.41, 5.74) is 5.83. The van der Waals surface area contributed by atoms with E-state index in [2.05, 4.69) is 15.5 Å². The first-order valence-electron chi connectivity index (χ1n) is 5.60. The van der Waals surface area contributed by atoms with E-state index < -0.39 is 10.8 Å². The zero-order valence-electron chi connectivity index (χ0n) is 10.5. The smallest absolute Gasteiger partial charge is 0.273 e. The van der Waals surface area contributed by atoms with Crippen molar-refractivity contribution in [3.8, 4) is 0 Å². The van der Waals surface area contributed by atoms with Crippen LogP contribution in [0.25, 0.3) is 0 Å². The van der Waals surface area contributed by atoms with E-state index in [9.17, 15) is 14.9 Å². The van der Waals surface area contributed by atoms with Crippen LogP contribution in [-0.4, -0.2) is 21.0 Å². The fourth-order valence-electron chi connectivity index (χ4n) is 1.62. The van der Waals surface area contributed by atoms with E-state index in [1.807, 2.05) is 0 Å². The quantitative estimate of drug-likeness (QED) is 0.649. The van der Waals surface area contributed by atoms with Crippen LogP contribution in [0.15, 0.2) is 18.2 Å². The fraction of sp³-hybridized carbons (Fsp3) is 0.182. The lowest BCUT2D eigenvalue weighted by atomic mass is 10.1. The number of amides is 1. The van der Waals surface area contributed by atoms with Gasteiger partial charge in [0.25, 0.3) is 11.6 Å². The van der Waals surface area contributed by atoms with Crippen molar-refractivity contribution in [1.82, 2.24) is 10.2 Å². The third kappa shape index (κ3) is 2.78. The first kappa shape index (κ1) is 14.0. The van der Waals surface area contributed by atoms with Gasteiger partial charge in [-0.25, -0.2) is 0 Å². The Morgan fingerprint density at radius 3 is 2.85 bits per heavy atom. The molecule has 20 heavy (non-hydrogen) atoms. The van der Waals surface area contributed by atoms with E-state index in [-0.39, 0.29) is 17.8 Å². The van der Waals surface area contributed by atoms with Gasteiger partial charge >= 0.3 is 0 Å². The Hall–Kier alpha value is -2.39. The van der Waals surface area contributed by atoms with Crippen molar-refractivity contribution < 1.29 is 9.72 Å². The van der Waals surface area contributed by atoms with E-state index in [4.69, 9.17) is 5.73 Å². The standard InChI is InChI=1S/C11H11N5O3S/c1-6-7(3-2-4-8(6)16(18)19)10(17)13-11-15-14-9(5-12)20-11/h2-4H,5,12H2,1H3,(H,13,15,17). The molecule has 0 unspecified atom stereocenters. The van der Waals surface area contributed by atoms with Gasteiger partial charge in [0, 0.05) is 23.7 Å².